The maximum absolute atomic E-state index is 5.10. The lowest BCUT2D eigenvalue weighted by atomic mass is 10.2. The smallest absolute Gasteiger partial charge is 0.138 e. The van der Waals surface area contributed by atoms with Gasteiger partial charge >= 0.3 is 0 Å². The third-order valence-electron chi connectivity index (χ3n) is 2.53. The number of pyridine rings is 1. The lowest BCUT2D eigenvalue weighted by molar-refractivity contribution is 0.392. The zero-order chi connectivity index (χ0) is 11.4. The molecule has 0 amide bonds. The molecule has 0 aromatic carbocycles. The van der Waals surface area contributed by atoms with Gasteiger partial charge < -0.3 is 9.84 Å². The van der Waals surface area contributed by atoms with Crippen LogP contribution in [0.25, 0.3) is 0 Å². The second-order valence-corrected chi connectivity index (χ2v) is 3.77. The van der Waals surface area contributed by atoms with Gasteiger partial charge in [0.2, 0.25) is 0 Å². The normalized spacial score (nSPS) is 10.6. The number of nitrogens with one attached hydrogen (secondary N) is 1. The Balaban J connectivity index is 1.89. The highest BCUT2D eigenvalue weighted by molar-refractivity contribution is 5.20. The van der Waals surface area contributed by atoms with E-state index >= 15 is 0 Å². The van der Waals surface area contributed by atoms with E-state index < -0.39 is 0 Å². The van der Waals surface area contributed by atoms with Gasteiger partial charge in [0.25, 0.3) is 0 Å². The highest BCUT2D eigenvalue weighted by atomic mass is 16.5. The van der Waals surface area contributed by atoms with Gasteiger partial charge in [-0.05, 0) is 25.5 Å². The van der Waals surface area contributed by atoms with Crippen molar-refractivity contribution in [2.24, 2.45) is 0 Å². The zero-order valence-electron chi connectivity index (χ0n) is 9.53. The highest BCUT2D eigenvalue weighted by Crippen LogP contribution is 2.11. The summed E-state index contributed by atoms with van der Waals surface area (Å²) in [6.07, 6.45) is 3.64. The van der Waals surface area contributed by atoms with Gasteiger partial charge in [-0.3, -0.25) is 4.98 Å². The Morgan fingerprint density at radius 1 is 1.31 bits per heavy atom. The number of rotatable bonds is 4. The fourth-order valence-electron chi connectivity index (χ4n) is 1.59. The lowest BCUT2D eigenvalue weighted by Crippen LogP contribution is -2.13. The van der Waals surface area contributed by atoms with E-state index in [1.165, 1.54) is 5.56 Å². The molecule has 4 nitrogen and oxygen atoms in total. The zero-order valence-corrected chi connectivity index (χ0v) is 9.53. The molecule has 2 aromatic rings. The van der Waals surface area contributed by atoms with Crippen molar-refractivity contribution >= 4 is 0 Å². The second kappa shape index (κ2) is 4.90. The van der Waals surface area contributed by atoms with Gasteiger partial charge in [-0.2, -0.15) is 0 Å². The first-order valence-corrected chi connectivity index (χ1v) is 5.28. The van der Waals surface area contributed by atoms with E-state index in [1.54, 1.807) is 6.20 Å². The predicted molar refractivity (Wildman–Crippen MR) is 60.8 cm³/mol. The fraction of sp³-hybridized carbons (Fsp3) is 0.333. The van der Waals surface area contributed by atoms with Crippen LogP contribution in [0.2, 0.25) is 0 Å². The molecule has 2 rings (SSSR count). The van der Waals surface area contributed by atoms with Crippen LogP contribution >= 0.6 is 0 Å². The molecule has 1 N–H and O–H groups in total. The van der Waals surface area contributed by atoms with E-state index in [9.17, 15) is 0 Å². The first-order valence-electron chi connectivity index (χ1n) is 5.28. The van der Waals surface area contributed by atoms with Crippen molar-refractivity contribution in [3.8, 4) is 0 Å². The first-order chi connectivity index (χ1) is 7.77. The van der Waals surface area contributed by atoms with Crippen LogP contribution in [-0.2, 0) is 13.1 Å². The quantitative estimate of drug-likeness (QED) is 0.850. The van der Waals surface area contributed by atoms with Crippen LogP contribution in [0.1, 0.15) is 22.6 Å². The van der Waals surface area contributed by atoms with Crippen molar-refractivity contribution in [3.05, 3.63) is 47.1 Å². The van der Waals surface area contributed by atoms with Crippen molar-refractivity contribution < 1.29 is 4.52 Å². The molecule has 0 bridgehead atoms. The summed E-state index contributed by atoms with van der Waals surface area (Å²) in [5, 5.41) is 7.26. The second-order valence-electron chi connectivity index (χ2n) is 3.77. The lowest BCUT2D eigenvalue weighted by Gasteiger charge is -2.03. The van der Waals surface area contributed by atoms with Crippen LogP contribution in [0.5, 0.6) is 0 Å². The number of hydrogen-bond donors (Lipinski definition) is 1. The summed E-state index contributed by atoms with van der Waals surface area (Å²) in [5.41, 5.74) is 3.27. The molecule has 0 spiro atoms. The minimum Gasteiger partial charge on any atom is -0.361 e. The van der Waals surface area contributed by atoms with Crippen molar-refractivity contribution in [3.63, 3.8) is 0 Å². The number of nitrogens with zero attached hydrogens (tertiary/aromatic N) is 2. The van der Waals surface area contributed by atoms with E-state index in [1.807, 2.05) is 32.2 Å². The minimum atomic E-state index is 0.774. The maximum atomic E-state index is 5.10. The van der Waals surface area contributed by atoms with E-state index in [4.69, 9.17) is 4.52 Å². The molecule has 0 aliphatic carbocycles. The van der Waals surface area contributed by atoms with Crippen LogP contribution in [0.15, 0.2) is 29.0 Å². The van der Waals surface area contributed by atoms with Crippen LogP contribution < -0.4 is 5.32 Å². The van der Waals surface area contributed by atoms with Gasteiger partial charge in [0.05, 0.1) is 5.69 Å². The largest absolute Gasteiger partial charge is 0.361 e. The average Bonchev–Trinajstić information content (AvgIpc) is 2.62. The Hall–Kier alpha value is -1.68. The van der Waals surface area contributed by atoms with Crippen molar-refractivity contribution in [1.29, 1.82) is 0 Å². The molecule has 16 heavy (non-hydrogen) atoms. The molecule has 0 fully saturated rings. The summed E-state index contributed by atoms with van der Waals surface area (Å²) < 4.78 is 5.10. The Kier molecular flexibility index (Phi) is 3.31. The molecule has 84 valence electrons. The van der Waals surface area contributed by atoms with Gasteiger partial charge in [0, 0.05) is 31.0 Å². The molecular weight excluding hydrogens is 202 g/mol. The van der Waals surface area contributed by atoms with Crippen molar-refractivity contribution in [1.82, 2.24) is 15.5 Å². The predicted octanol–water partition coefficient (Wildman–Crippen LogP) is 1.98. The summed E-state index contributed by atoms with van der Waals surface area (Å²) in [5.74, 6) is 0.885. The Morgan fingerprint density at radius 2 is 2.19 bits per heavy atom. The standard InChI is InChI=1S/C12H15N3O/c1-9-12(10(2)16-15-9)8-14-7-11-4-3-5-13-6-11/h3-6,14H,7-8H2,1-2H3. The van der Waals surface area contributed by atoms with Crippen LogP contribution in [0.4, 0.5) is 0 Å². The average molecular weight is 217 g/mol. The van der Waals surface area contributed by atoms with Crippen LogP contribution in [0.3, 0.4) is 0 Å². The summed E-state index contributed by atoms with van der Waals surface area (Å²) in [6.45, 7) is 5.46. The summed E-state index contributed by atoms with van der Waals surface area (Å²) in [4.78, 5) is 4.06. The van der Waals surface area contributed by atoms with E-state index in [0.29, 0.717) is 0 Å². The first kappa shape index (κ1) is 10.8. The fourth-order valence-corrected chi connectivity index (χ4v) is 1.59. The monoisotopic (exact) mass is 217 g/mol. The Bertz CT molecular complexity index is 431. The van der Waals surface area contributed by atoms with Crippen LogP contribution in [-0.4, -0.2) is 10.1 Å². The molecule has 0 radical (unpaired) electrons. The van der Waals surface area contributed by atoms with E-state index in [0.717, 1.165) is 30.1 Å². The van der Waals surface area contributed by atoms with Crippen LogP contribution in [0, 0.1) is 13.8 Å². The molecule has 0 saturated heterocycles. The summed E-state index contributed by atoms with van der Waals surface area (Å²) in [6, 6.07) is 3.99. The molecule has 0 aliphatic rings. The SMILES string of the molecule is Cc1noc(C)c1CNCc1cccnc1. The van der Waals surface area contributed by atoms with Gasteiger partial charge in [0.15, 0.2) is 0 Å². The number of hydrogen-bond acceptors (Lipinski definition) is 4. The maximum Gasteiger partial charge on any atom is 0.138 e. The highest BCUT2D eigenvalue weighted by Gasteiger charge is 2.07. The molecule has 0 saturated carbocycles. The molecule has 2 aromatic heterocycles. The topological polar surface area (TPSA) is 51.0 Å². The number of aromatic nitrogens is 2. The molecular formula is C12H15N3O. The minimum absolute atomic E-state index is 0.774. The van der Waals surface area contributed by atoms with Gasteiger partial charge in [-0.25, -0.2) is 0 Å². The summed E-state index contributed by atoms with van der Waals surface area (Å²) in [7, 11) is 0. The van der Waals surface area contributed by atoms with Gasteiger partial charge in [-0.1, -0.05) is 11.2 Å². The molecule has 2 heterocycles. The van der Waals surface area contributed by atoms with Gasteiger partial charge in [-0.15, -0.1) is 0 Å². The Morgan fingerprint density at radius 3 is 2.81 bits per heavy atom. The third kappa shape index (κ3) is 2.46. The van der Waals surface area contributed by atoms with Crippen molar-refractivity contribution in [2.45, 2.75) is 26.9 Å². The molecule has 0 aliphatic heterocycles. The molecule has 4 heteroatoms. The number of aryl methyl sites for hydroxylation is 2. The molecule has 0 atom stereocenters. The third-order valence-corrected chi connectivity index (χ3v) is 2.53. The summed E-state index contributed by atoms with van der Waals surface area (Å²) >= 11 is 0. The van der Waals surface area contributed by atoms with Crippen molar-refractivity contribution in [2.75, 3.05) is 0 Å². The molecule has 0 unspecified atom stereocenters. The van der Waals surface area contributed by atoms with Gasteiger partial charge in [0.1, 0.15) is 5.76 Å². The van der Waals surface area contributed by atoms with E-state index in [2.05, 4.69) is 15.5 Å². The van der Waals surface area contributed by atoms with E-state index in [-0.39, 0.29) is 0 Å². The Labute approximate surface area is 94.7 Å².